The summed E-state index contributed by atoms with van der Waals surface area (Å²) in [6.45, 7) is 5.53. The van der Waals surface area contributed by atoms with Gasteiger partial charge in [0.1, 0.15) is 6.61 Å². The summed E-state index contributed by atoms with van der Waals surface area (Å²) in [4.78, 5) is 24.8. The molecule has 3 rings (SSSR count). The highest BCUT2D eigenvalue weighted by atomic mass is 35.5. The Bertz CT molecular complexity index is 747. The maximum Gasteiger partial charge on any atom is 0.337 e. The molecule has 0 spiro atoms. The molecule has 0 radical (unpaired) electrons. The summed E-state index contributed by atoms with van der Waals surface area (Å²) in [6, 6.07) is 1.83. The van der Waals surface area contributed by atoms with Gasteiger partial charge in [0.2, 0.25) is 0 Å². The van der Waals surface area contributed by atoms with Crippen molar-refractivity contribution in [3.8, 4) is 0 Å². The second kappa shape index (κ2) is 6.02. The van der Waals surface area contributed by atoms with Gasteiger partial charge in [0.15, 0.2) is 0 Å². The lowest BCUT2D eigenvalue weighted by Gasteiger charge is -2.27. The van der Waals surface area contributed by atoms with Gasteiger partial charge in [-0.05, 0) is 37.8 Å². The van der Waals surface area contributed by atoms with Gasteiger partial charge in [-0.25, -0.2) is 9.59 Å². The summed E-state index contributed by atoms with van der Waals surface area (Å²) < 4.78 is 11.0. The highest BCUT2D eigenvalue weighted by molar-refractivity contribution is 7.14. The molecule has 0 aromatic carbocycles. The monoisotopic (exact) mass is 353 g/mol. The number of rotatable bonds is 3. The Morgan fingerprint density at radius 1 is 1.52 bits per heavy atom. The van der Waals surface area contributed by atoms with Gasteiger partial charge in [0.05, 0.1) is 33.2 Å². The zero-order valence-corrected chi connectivity index (χ0v) is 14.5. The first-order valence-corrected chi connectivity index (χ1v) is 8.47. The number of hydrogen-bond acceptors (Lipinski definition) is 6. The highest BCUT2D eigenvalue weighted by Crippen LogP contribution is 2.45. The Hall–Kier alpha value is -1.79. The minimum absolute atomic E-state index is 0.177. The number of dihydropyridines is 1. The lowest BCUT2D eigenvalue weighted by Crippen LogP contribution is -2.31. The Morgan fingerprint density at radius 2 is 2.26 bits per heavy atom. The summed E-state index contributed by atoms with van der Waals surface area (Å²) in [5.74, 6) is -1.45. The van der Waals surface area contributed by atoms with Crippen molar-refractivity contribution in [3.05, 3.63) is 43.9 Å². The van der Waals surface area contributed by atoms with Crippen LogP contribution in [-0.4, -0.2) is 24.6 Å². The standard InChI is InChI=1S/C16H16ClNO4S/c1-7(2)22-16(20)11-8(3)18-10-6-21-15(19)13(10)12(11)9-4-5-23-14(9)17/h4-5,7,12,18H,6H2,1-3H3. The van der Waals surface area contributed by atoms with E-state index in [1.54, 1.807) is 20.8 Å². The van der Waals surface area contributed by atoms with Crippen LogP contribution in [0.5, 0.6) is 0 Å². The maximum atomic E-state index is 12.6. The van der Waals surface area contributed by atoms with Crippen LogP contribution in [0, 0.1) is 0 Å². The first-order valence-electron chi connectivity index (χ1n) is 7.22. The minimum atomic E-state index is -0.564. The van der Waals surface area contributed by atoms with Crippen LogP contribution in [-0.2, 0) is 19.1 Å². The first kappa shape index (κ1) is 16.1. The van der Waals surface area contributed by atoms with Crippen LogP contribution >= 0.6 is 22.9 Å². The molecule has 23 heavy (non-hydrogen) atoms. The second-order valence-corrected chi connectivity index (χ2v) is 7.19. The number of cyclic esters (lactones) is 1. The van der Waals surface area contributed by atoms with Gasteiger partial charge in [-0.2, -0.15) is 0 Å². The van der Waals surface area contributed by atoms with Gasteiger partial charge < -0.3 is 14.8 Å². The molecule has 0 aliphatic carbocycles. The van der Waals surface area contributed by atoms with E-state index in [1.807, 2.05) is 11.4 Å². The van der Waals surface area contributed by atoms with Crippen LogP contribution in [0.4, 0.5) is 0 Å². The molecule has 0 amide bonds. The largest absolute Gasteiger partial charge is 0.460 e. The highest BCUT2D eigenvalue weighted by Gasteiger charge is 2.42. The van der Waals surface area contributed by atoms with E-state index in [0.717, 1.165) is 5.56 Å². The van der Waals surface area contributed by atoms with Gasteiger partial charge >= 0.3 is 11.9 Å². The average Bonchev–Trinajstić information content (AvgIpc) is 3.03. The quantitative estimate of drug-likeness (QED) is 0.846. The lowest BCUT2D eigenvalue weighted by atomic mass is 9.82. The molecule has 1 N–H and O–H groups in total. The molecule has 0 saturated carbocycles. The SMILES string of the molecule is CC1=C(C(=O)OC(C)C)C(c2ccsc2Cl)C2=C(COC2=O)N1. The predicted octanol–water partition coefficient (Wildman–Crippen LogP) is 3.12. The maximum absolute atomic E-state index is 12.6. The molecule has 2 aliphatic rings. The molecule has 1 atom stereocenters. The van der Waals surface area contributed by atoms with E-state index >= 15 is 0 Å². The van der Waals surface area contributed by atoms with Crippen LogP contribution in [0.3, 0.4) is 0 Å². The molecule has 7 heteroatoms. The Morgan fingerprint density at radius 3 is 2.87 bits per heavy atom. The van der Waals surface area contributed by atoms with Gasteiger partial charge in [-0.1, -0.05) is 11.6 Å². The number of nitrogens with one attached hydrogen (secondary N) is 1. The van der Waals surface area contributed by atoms with Crippen molar-refractivity contribution in [2.75, 3.05) is 6.61 Å². The predicted molar refractivity (Wildman–Crippen MR) is 87.1 cm³/mol. The number of carbonyl (C=O) groups excluding carboxylic acids is 2. The number of thiophene rings is 1. The first-order chi connectivity index (χ1) is 10.9. The summed E-state index contributed by atoms with van der Waals surface area (Å²) in [5, 5.41) is 4.93. The average molecular weight is 354 g/mol. The topological polar surface area (TPSA) is 64.6 Å². The van der Waals surface area contributed by atoms with Crippen LogP contribution in [0.1, 0.15) is 32.3 Å². The molecular formula is C16H16ClNO4S. The zero-order chi connectivity index (χ0) is 16.7. The fourth-order valence-corrected chi connectivity index (χ4v) is 3.82. The van der Waals surface area contributed by atoms with E-state index < -0.39 is 17.9 Å². The van der Waals surface area contributed by atoms with Crippen LogP contribution in [0.2, 0.25) is 4.34 Å². The number of ether oxygens (including phenoxy) is 2. The fourth-order valence-electron chi connectivity index (χ4n) is 2.84. The van der Waals surface area contributed by atoms with Gasteiger partial charge in [-0.15, -0.1) is 11.3 Å². The van der Waals surface area contributed by atoms with Crippen molar-refractivity contribution in [3.63, 3.8) is 0 Å². The Balaban J connectivity index is 2.12. The fraction of sp³-hybridized carbons (Fsp3) is 0.375. The van der Waals surface area contributed by atoms with Crippen molar-refractivity contribution in [2.45, 2.75) is 32.8 Å². The summed E-state index contributed by atoms with van der Waals surface area (Å²) in [6.07, 6.45) is -0.257. The van der Waals surface area contributed by atoms with Crippen molar-refractivity contribution < 1.29 is 19.1 Å². The number of hydrogen-bond donors (Lipinski definition) is 1. The number of allylic oxidation sites excluding steroid dienone is 1. The second-order valence-electron chi connectivity index (χ2n) is 5.67. The molecule has 1 unspecified atom stereocenters. The molecule has 0 fully saturated rings. The summed E-state index contributed by atoms with van der Waals surface area (Å²) >= 11 is 7.64. The molecule has 1 aromatic heterocycles. The Kier molecular flexibility index (Phi) is 4.21. The van der Waals surface area contributed by atoms with Crippen molar-refractivity contribution >= 4 is 34.9 Å². The Labute approximate surface area is 142 Å². The van der Waals surface area contributed by atoms with E-state index in [9.17, 15) is 9.59 Å². The lowest BCUT2D eigenvalue weighted by molar-refractivity contribution is -0.143. The van der Waals surface area contributed by atoms with Gasteiger partial charge in [-0.3, -0.25) is 0 Å². The van der Waals surface area contributed by atoms with E-state index in [-0.39, 0.29) is 12.7 Å². The van der Waals surface area contributed by atoms with Gasteiger partial charge in [0, 0.05) is 5.70 Å². The molecule has 1 aromatic rings. The summed E-state index contributed by atoms with van der Waals surface area (Å²) in [7, 11) is 0. The molecule has 2 aliphatic heterocycles. The molecule has 122 valence electrons. The van der Waals surface area contributed by atoms with E-state index in [0.29, 0.717) is 26.9 Å². The third kappa shape index (κ3) is 2.77. The molecule has 3 heterocycles. The number of carbonyl (C=O) groups is 2. The zero-order valence-electron chi connectivity index (χ0n) is 12.9. The molecular weight excluding hydrogens is 338 g/mol. The van der Waals surface area contributed by atoms with Crippen LogP contribution in [0.15, 0.2) is 34.0 Å². The van der Waals surface area contributed by atoms with Crippen molar-refractivity contribution in [1.82, 2.24) is 5.32 Å². The van der Waals surface area contributed by atoms with E-state index in [2.05, 4.69) is 5.32 Å². The smallest absolute Gasteiger partial charge is 0.337 e. The van der Waals surface area contributed by atoms with Crippen LogP contribution < -0.4 is 5.32 Å². The summed E-state index contributed by atoms with van der Waals surface area (Å²) in [5.41, 5.74) is 2.89. The molecule has 5 nitrogen and oxygen atoms in total. The third-order valence-corrected chi connectivity index (χ3v) is 4.93. The van der Waals surface area contributed by atoms with E-state index in [4.69, 9.17) is 21.1 Å². The van der Waals surface area contributed by atoms with Gasteiger partial charge in [0.25, 0.3) is 0 Å². The normalized spacial score (nSPS) is 20.6. The van der Waals surface area contributed by atoms with E-state index in [1.165, 1.54) is 11.3 Å². The number of esters is 2. The number of halogens is 1. The molecule has 0 bridgehead atoms. The molecule has 0 saturated heterocycles. The van der Waals surface area contributed by atoms with Crippen molar-refractivity contribution in [1.29, 1.82) is 0 Å². The minimum Gasteiger partial charge on any atom is -0.460 e. The van der Waals surface area contributed by atoms with Crippen LogP contribution in [0.25, 0.3) is 0 Å². The van der Waals surface area contributed by atoms with Crippen molar-refractivity contribution in [2.24, 2.45) is 0 Å². The third-order valence-electron chi connectivity index (χ3n) is 3.73.